The molecule has 0 radical (unpaired) electrons. The van der Waals surface area contributed by atoms with Gasteiger partial charge in [-0.3, -0.25) is 4.79 Å². The van der Waals surface area contributed by atoms with Crippen LogP contribution in [0, 0.1) is 0 Å². The molecule has 1 aliphatic carbocycles. The third kappa shape index (κ3) is 3.37. The van der Waals surface area contributed by atoms with Crippen LogP contribution in [0.2, 0.25) is 5.02 Å². The number of halogens is 1. The van der Waals surface area contributed by atoms with E-state index >= 15 is 0 Å². The molecule has 2 nitrogen and oxygen atoms in total. The number of aliphatic hydroxyl groups excluding tert-OH is 1. The Balaban J connectivity index is 1.80. The van der Waals surface area contributed by atoms with Gasteiger partial charge in [-0.1, -0.05) is 53.7 Å². The number of hydrogen-bond acceptors (Lipinski definition) is 3. The number of allylic oxidation sites excluding steroid dienone is 2. The number of Topliss-reactive ketones (excluding diaryl/α,β-unsaturated/α-hetero) is 1. The van der Waals surface area contributed by atoms with E-state index in [1.165, 1.54) is 11.8 Å². The molecular formula is C18H15ClO2S. The zero-order chi connectivity index (χ0) is 15.5. The van der Waals surface area contributed by atoms with Gasteiger partial charge in [-0.15, -0.1) is 0 Å². The van der Waals surface area contributed by atoms with E-state index in [0.717, 1.165) is 10.5 Å². The molecule has 0 spiro atoms. The molecule has 0 bridgehead atoms. The molecule has 0 heterocycles. The van der Waals surface area contributed by atoms with E-state index in [1.807, 2.05) is 42.5 Å². The van der Waals surface area contributed by atoms with Crippen LogP contribution in [-0.4, -0.2) is 10.9 Å². The second-order valence-corrected chi connectivity index (χ2v) is 6.79. The summed E-state index contributed by atoms with van der Waals surface area (Å²) in [6.07, 6.45) is 0.940. The van der Waals surface area contributed by atoms with Crippen molar-refractivity contribution in [1.29, 1.82) is 0 Å². The molecule has 0 fully saturated rings. The lowest BCUT2D eigenvalue weighted by Crippen LogP contribution is -2.16. The molecule has 0 saturated carbocycles. The van der Waals surface area contributed by atoms with Crippen molar-refractivity contribution in [2.45, 2.75) is 23.7 Å². The van der Waals surface area contributed by atoms with E-state index in [4.69, 9.17) is 11.6 Å². The predicted octanol–water partition coefficient (Wildman–Crippen LogP) is 5.35. The van der Waals surface area contributed by atoms with Crippen molar-refractivity contribution in [2.75, 3.05) is 0 Å². The van der Waals surface area contributed by atoms with Crippen molar-refractivity contribution in [1.82, 2.24) is 0 Å². The summed E-state index contributed by atoms with van der Waals surface area (Å²) in [5.74, 6) is 0.242. The monoisotopic (exact) mass is 330 g/mol. The predicted molar refractivity (Wildman–Crippen MR) is 90.4 cm³/mol. The van der Waals surface area contributed by atoms with E-state index < -0.39 is 0 Å². The molecule has 1 aliphatic rings. The number of benzene rings is 2. The Bertz CT molecular complexity index is 708. The first kappa shape index (κ1) is 15.2. The summed E-state index contributed by atoms with van der Waals surface area (Å²) in [4.78, 5) is 13.7. The summed E-state index contributed by atoms with van der Waals surface area (Å²) in [5.41, 5.74) is 1.10. The van der Waals surface area contributed by atoms with Gasteiger partial charge in [-0.05, 0) is 35.7 Å². The van der Waals surface area contributed by atoms with Gasteiger partial charge in [0.2, 0.25) is 0 Å². The van der Waals surface area contributed by atoms with Gasteiger partial charge in [0, 0.05) is 22.8 Å². The number of aliphatic hydroxyl groups is 1. The highest BCUT2D eigenvalue weighted by molar-refractivity contribution is 8.04. The normalized spacial score (nSPS) is 18.6. The highest BCUT2D eigenvalue weighted by Crippen LogP contribution is 2.40. The van der Waals surface area contributed by atoms with Crippen LogP contribution in [-0.2, 0) is 4.79 Å². The molecule has 2 aromatic rings. The number of carbonyl (C=O) groups excluding carboxylic acids is 1. The lowest BCUT2D eigenvalue weighted by molar-refractivity contribution is -0.115. The molecule has 3 rings (SSSR count). The maximum Gasteiger partial charge on any atom is 0.173 e. The van der Waals surface area contributed by atoms with E-state index in [9.17, 15) is 9.90 Å². The Morgan fingerprint density at radius 1 is 1.00 bits per heavy atom. The molecule has 0 aromatic heterocycles. The summed E-state index contributed by atoms with van der Waals surface area (Å²) >= 11 is 7.17. The Morgan fingerprint density at radius 3 is 2.32 bits per heavy atom. The number of rotatable bonds is 3. The first-order valence-corrected chi connectivity index (χ1v) is 8.26. The van der Waals surface area contributed by atoms with Gasteiger partial charge in [0.25, 0.3) is 0 Å². The Kier molecular flexibility index (Phi) is 4.55. The molecule has 22 heavy (non-hydrogen) atoms. The van der Waals surface area contributed by atoms with E-state index in [1.54, 1.807) is 12.1 Å². The molecule has 1 atom stereocenters. The van der Waals surface area contributed by atoms with Crippen LogP contribution in [0.3, 0.4) is 0 Å². The van der Waals surface area contributed by atoms with Crippen LogP contribution in [0.4, 0.5) is 0 Å². The van der Waals surface area contributed by atoms with Crippen molar-refractivity contribution in [3.05, 3.63) is 75.8 Å². The molecule has 4 heteroatoms. The number of hydrogen-bond donors (Lipinski definition) is 1. The minimum absolute atomic E-state index is 0.00227. The first-order chi connectivity index (χ1) is 10.6. The fraction of sp³-hybridized carbons (Fsp3) is 0.167. The van der Waals surface area contributed by atoms with Gasteiger partial charge < -0.3 is 5.11 Å². The van der Waals surface area contributed by atoms with E-state index in [0.29, 0.717) is 22.8 Å². The van der Waals surface area contributed by atoms with Crippen LogP contribution < -0.4 is 0 Å². The molecule has 1 N–H and O–H groups in total. The van der Waals surface area contributed by atoms with Crippen molar-refractivity contribution < 1.29 is 9.90 Å². The Hall–Kier alpha value is -1.71. The van der Waals surface area contributed by atoms with Gasteiger partial charge in [-0.25, -0.2) is 0 Å². The van der Waals surface area contributed by atoms with Crippen LogP contribution in [0.5, 0.6) is 0 Å². The van der Waals surface area contributed by atoms with Crippen molar-refractivity contribution >= 4 is 29.1 Å². The van der Waals surface area contributed by atoms with Gasteiger partial charge in [0.1, 0.15) is 5.76 Å². The fourth-order valence-corrected chi connectivity index (χ4v) is 3.61. The summed E-state index contributed by atoms with van der Waals surface area (Å²) in [7, 11) is 0. The minimum atomic E-state index is -0.00227. The largest absolute Gasteiger partial charge is 0.511 e. The summed E-state index contributed by atoms with van der Waals surface area (Å²) < 4.78 is 0. The molecule has 0 aliphatic heterocycles. The number of thioether (sulfide) groups is 1. The third-order valence-corrected chi connectivity index (χ3v) is 5.12. The summed E-state index contributed by atoms with van der Waals surface area (Å²) in [6.45, 7) is 0. The smallest absolute Gasteiger partial charge is 0.173 e. The van der Waals surface area contributed by atoms with Crippen molar-refractivity contribution in [3.63, 3.8) is 0 Å². The van der Waals surface area contributed by atoms with Crippen molar-refractivity contribution in [3.8, 4) is 0 Å². The standard InChI is InChI=1S/C18H15ClO2S/c19-14-6-8-15(9-7-14)22-18-16(20)10-13(11-17(18)21)12-4-2-1-3-5-12/h1-9,13,20H,10-11H2/t13-/m1/s1. The van der Waals surface area contributed by atoms with Gasteiger partial charge in [0.15, 0.2) is 5.78 Å². The highest BCUT2D eigenvalue weighted by Gasteiger charge is 2.29. The fourth-order valence-electron chi connectivity index (χ4n) is 2.57. The molecule has 0 unspecified atom stereocenters. The summed E-state index contributed by atoms with van der Waals surface area (Å²) in [6, 6.07) is 17.1. The van der Waals surface area contributed by atoms with Gasteiger partial charge >= 0.3 is 0 Å². The second-order valence-electron chi connectivity index (χ2n) is 5.27. The zero-order valence-electron chi connectivity index (χ0n) is 11.8. The lowest BCUT2D eigenvalue weighted by Gasteiger charge is -2.23. The van der Waals surface area contributed by atoms with Crippen LogP contribution in [0.25, 0.3) is 0 Å². The maximum atomic E-state index is 12.4. The average Bonchev–Trinajstić information content (AvgIpc) is 2.53. The lowest BCUT2D eigenvalue weighted by atomic mass is 9.86. The third-order valence-electron chi connectivity index (χ3n) is 3.69. The Morgan fingerprint density at radius 2 is 1.68 bits per heavy atom. The first-order valence-electron chi connectivity index (χ1n) is 7.07. The van der Waals surface area contributed by atoms with Crippen LogP contribution >= 0.6 is 23.4 Å². The molecule has 112 valence electrons. The average molecular weight is 331 g/mol. The van der Waals surface area contributed by atoms with E-state index in [2.05, 4.69) is 0 Å². The summed E-state index contributed by atoms with van der Waals surface area (Å²) in [5, 5.41) is 11.0. The van der Waals surface area contributed by atoms with Crippen LogP contribution in [0.15, 0.2) is 70.2 Å². The second kappa shape index (κ2) is 6.59. The number of carbonyl (C=O) groups is 1. The maximum absolute atomic E-state index is 12.4. The minimum Gasteiger partial charge on any atom is -0.511 e. The molecular weight excluding hydrogens is 316 g/mol. The molecule has 0 saturated heterocycles. The van der Waals surface area contributed by atoms with Crippen molar-refractivity contribution in [2.24, 2.45) is 0 Å². The number of ketones is 1. The topological polar surface area (TPSA) is 37.3 Å². The van der Waals surface area contributed by atoms with Gasteiger partial charge in [0.05, 0.1) is 4.91 Å². The molecule has 2 aromatic carbocycles. The van der Waals surface area contributed by atoms with E-state index in [-0.39, 0.29) is 17.5 Å². The van der Waals surface area contributed by atoms with Gasteiger partial charge in [-0.2, -0.15) is 0 Å². The SMILES string of the molecule is O=C1C[C@H](c2ccccc2)CC(O)=C1Sc1ccc(Cl)cc1. The molecule has 0 amide bonds. The Labute approximate surface area is 138 Å². The van der Waals surface area contributed by atoms with Crippen LogP contribution in [0.1, 0.15) is 24.3 Å². The highest BCUT2D eigenvalue weighted by atomic mass is 35.5. The zero-order valence-corrected chi connectivity index (χ0v) is 13.4. The quantitative estimate of drug-likeness (QED) is 0.824.